The number of hydrogen-bond acceptors (Lipinski definition) is 5. The summed E-state index contributed by atoms with van der Waals surface area (Å²) >= 11 is 5.97. The highest BCUT2D eigenvalue weighted by atomic mass is 35.5. The molecule has 0 unspecified atom stereocenters. The number of rotatable bonds is 2. The van der Waals surface area contributed by atoms with Gasteiger partial charge in [0.1, 0.15) is 0 Å². The minimum absolute atomic E-state index is 0.0691. The number of azo groups is 1. The van der Waals surface area contributed by atoms with Crippen LogP contribution in [0, 0.1) is 13.8 Å². The maximum Gasteiger partial charge on any atom is 0.269 e. The minimum Gasteiger partial charge on any atom is -0.493 e. The Balaban J connectivity index is 2.06. The Kier molecular flexibility index (Phi) is 3.31. The Hall–Kier alpha value is -2.47. The van der Waals surface area contributed by atoms with Crippen molar-refractivity contribution < 1.29 is 5.11 Å². The molecular weight excluding hydrogens is 290 g/mol. The molecule has 2 heterocycles. The molecule has 106 valence electrons. The van der Waals surface area contributed by atoms with Gasteiger partial charge in [-0.3, -0.25) is 0 Å². The fourth-order valence-corrected chi connectivity index (χ4v) is 2.26. The maximum absolute atomic E-state index is 9.92. The third-order valence-electron chi connectivity index (χ3n) is 2.92. The average Bonchev–Trinajstić information content (AvgIpc) is 2.70. The number of nitrogens with zero attached hydrogens (tertiary/aromatic N) is 4. The monoisotopic (exact) mass is 301 g/mol. The molecule has 0 aliphatic carbocycles. The van der Waals surface area contributed by atoms with Gasteiger partial charge in [-0.15, -0.1) is 10.2 Å². The first-order chi connectivity index (χ1) is 10.0. The average molecular weight is 302 g/mol. The number of aromatic hydroxyl groups is 1. The van der Waals surface area contributed by atoms with E-state index in [2.05, 4.69) is 25.2 Å². The van der Waals surface area contributed by atoms with Crippen LogP contribution in [0.25, 0.3) is 10.9 Å². The normalized spacial score (nSPS) is 11.6. The van der Waals surface area contributed by atoms with Crippen molar-refractivity contribution >= 4 is 34.1 Å². The number of aryl methyl sites for hydroxylation is 2. The maximum atomic E-state index is 9.92. The molecule has 3 rings (SSSR count). The van der Waals surface area contributed by atoms with E-state index >= 15 is 0 Å². The van der Waals surface area contributed by atoms with Crippen molar-refractivity contribution in [3.63, 3.8) is 0 Å². The predicted octanol–water partition coefficient (Wildman–Crippen LogP) is 4.35. The molecule has 2 aromatic heterocycles. The molecule has 0 radical (unpaired) electrons. The lowest BCUT2D eigenvalue weighted by molar-refractivity contribution is 0.459. The lowest BCUT2D eigenvalue weighted by atomic mass is 10.2. The lowest BCUT2D eigenvalue weighted by Gasteiger charge is -1.97. The van der Waals surface area contributed by atoms with Crippen LogP contribution in [-0.4, -0.2) is 20.1 Å². The van der Waals surface area contributed by atoms with Crippen LogP contribution in [0.15, 0.2) is 34.5 Å². The Bertz CT molecular complexity index is 836. The van der Waals surface area contributed by atoms with E-state index in [-0.39, 0.29) is 11.8 Å². The highest BCUT2D eigenvalue weighted by molar-refractivity contribution is 6.31. The zero-order valence-corrected chi connectivity index (χ0v) is 12.2. The number of H-pyrrole nitrogens is 1. The number of aromatic nitrogens is 3. The predicted molar refractivity (Wildman–Crippen MR) is 80.7 cm³/mol. The van der Waals surface area contributed by atoms with E-state index in [1.807, 2.05) is 19.9 Å². The molecule has 0 bridgehead atoms. The van der Waals surface area contributed by atoms with E-state index in [1.165, 1.54) is 0 Å². The van der Waals surface area contributed by atoms with Gasteiger partial charge >= 0.3 is 0 Å². The smallest absolute Gasteiger partial charge is 0.269 e. The first-order valence-corrected chi connectivity index (χ1v) is 6.65. The minimum atomic E-state index is -0.0691. The van der Waals surface area contributed by atoms with Crippen molar-refractivity contribution in [1.82, 2.24) is 15.0 Å². The van der Waals surface area contributed by atoms with Crippen molar-refractivity contribution in [2.45, 2.75) is 13.8 Å². The molecule has 0 atom stereocenters. The Morgan fingerprint density at radius 1 is 1.10 bits per heavy atom. The molecule has 6 nitrogen and oxygen atoms in total. The van der Waals surface area contributed by atoms with E-state index in [0.717, 1.165) is 16.9 Å². The van der Waals surface area contributed by atoms with Gasteiger partial charge in [-0.1, -0.05) is 11.6 Å². The van der Waals surface area contributed by atoms with Gasteiger partial charge in [0.2, 0.25) is 5.88 Å². The van der Waals surface area contributed by atoms with Crippen molar-refractivity contribution in [2.75, 3.05) is 0 Å². The Morgan fingerprint density at radius 2 is 1.81 bits per heavy atom. The van der Waals surface area contributed by atoms with Crippen LogP contribution >= 0.6 is 11.6 Å². The second-order valence-corrected chi connectivity index (χ2v) is 5.10. The molecule has 3 aromatic rings. The molecule has 1 aromatic carbocycles. The van der Waals surface area contributed by atoms with E-state index in [4.69, 9.17) is 11.6 Å². The van der Waals surface area contributed by atoms with Gasteiger partial charge in [0.05, 0.1) is 5.52 Å². The number of hydrogen-bond donors (Lipinski definition) is 2. The summed E-state index contributed by atoms with van der Waals surface area (Å²) in [6.07, 6.45) is 0. The molecule has 0 fully saturated rings. The van der Waals surface area contributed by atoms with E-state index < -0.39 is 0 Å². The third-order valence-corrected chi connectivity index (χ3v) is 3.16. The third kappa shape index (κ3) is 2.71. The standard InChI is InChI=1S/C14H12ClN5O/c1-7-5-8(2)17-14(16-7)20-19-12-10-6-9(15)3-4-11(10)18-13(12)21/h3-6,18,21H,1-2H3. The molecule has 0 saturated carbocycles. The van der Waals surface area contributed by atoms with Crippen molar-refractivity contribution in [1.29, 1.82) is 0 Å². The van der Waals surface area contributed by atoms with E-state index in [9.17, 15) is 5.11 Å². The number of fused-ring (bicyclic) bond motifs is 1. The number of nitrogens with one attached hydrogen (secondary N) is 1. The highest BCUT2D eigenvalue weighted by Gasteiger charge is 2.11. The fourth-order valence-electron chi connectivity index (χ4n) is 2.08. The van der Waals surface area contributed by atoms with Crippen LogP contribution in [0.5, 0.6) is 5.88 Å². The molecule has 2 N–H and O–H groups in total. The molecule has 21 heavy (non-hydrogen) atoms. The summed E-state index contributed by atoms with van der Waals surface area (Å²) in [6.45, 7) is 3.72. The van der Waals surface area contributed by atoms with Crippen LogP contribution in [0.3, 0.4) is 0 Å². The van der Waals surface area contributed by atoms with Crippen molar-refractivity contribution in [3.8, 4) is 5.88 Å². The van der Waals surface area contributed by atoms with Gasteiger partial charge in [0.25, 0.3) is 5.95 Å². The van der Waals surface area contributed by atoms with Gasteiger partial charge in [0, 0.05) is 21.8 Å². The fraction of sp³-hybridized carbons (Fsp3) is 0.143. The molecule has 0 aliphatic heterocycles. The summed E-state index contributed by atoms with van der Waals surface area (Å²) in [5.41, 5.74) is 2.66. The van der Waals surface area contributed by atoms with Crippen LogP contribution in [-0.2, 0) is 0 Å². The largest absolute Gasteiger partial charge is 0.493 e. The highest BCUT2D eigenvalue weighted by Crippen LogP contribution is 2.37. The second-order valence-electron chi connectivity index (χ2n) is 4.66. The summed E-state index contributed by atoms with van der Waals surface area (Å²) in [5, 5.41) is 19.2. The summed E-state index contributed by atoms with van der Waals surface area (Å²) in [4.78, 5) is 11.2. The SMILES string of the molecule is Cc1cc(C)nc(N=Nc2c(O)[nH]c3ccc(Cl)cc23)n1. The van der Waals surface area contributed by atoms with Gasteiger partial charge in [-0.25, -0.2) is 9.97 Å². The number of benzene rings is 1. The van der Waals surface area contributed by atoms with E-state index in [1.54, 1.807) is 18.2 Å². The topological polar surface area (TPSA) is 86.5 Å². The van der Waals surface area contributed by atoms with Gasteiger partial charge in [-0.2, -0.15) is 0 Å². The first-order valence-electron chi connectivity index (χ1n) is 6.27. The Labute approximate surface area is 125 Å². The van der Waals surface area contributed by atoms with Gasteiger partial charge in [-0.05, 0) is 38.1 Å². The van der Waals surface area contributed by atoms with Gasteiger partial charge < -0.3 is 10.1 Å². The van der Waals surface area contributed by atoms with Crippen molar-refractivity contribution in [2.24, 2.45) is 10.2 Å². The first kappa shape index (κ1) is 13.5. The van der Waals surface area contributed by atoms with Gasteiger partial charge in [0.15, 0.2) is 5.69 Å². The molecule has 7 heteroatoms. The summed E-state index contributed by atoms with van der Waals surface area (Å²) in [5.74, 6) is 0.184. The summed E-state index contributed by atoms with van der Waals surface area (Å²) in [6, 6.07) is 7.06. The molecule has 0 saturated heterocycles. The molecule has 0 amide bonds. The van der Waals surface area contributed by atoms with E-state index in [0.29, 0.717) is 16.1 Å². The van der Waals surface area contributed by atoms with Crippen LogP contribution in [0.4, 0.5) is 11.6 Å². The number of aromatic amines is 1. The molecule has 0 spiro atoms. The van der Waals surface area contributed by atoms with Crippen LogP contribution in [0.2, 0.25) is 5.02 Å². The lowest BCUT2D eigenvalue weighted by Crippen LogP contribution is -1.87. The quantitative estimate of drug-likeness (QED) is 0.690. The molecule has 0 aliphatic rings. The second kappa shape index (κ2) is 5.14. The van der Waals surface area contributed by atoms with Crippen molar-refractivity contribution in [3.05, 3.63) is 40.7 Å². The Morgan fingerprint density at radius 3 is 2.52 bits per heavy atom. The zero-order chi connectivity index (χ0) is 15.0. The summed E-state index contributed by atoms with van der Waals surface area (Å²) in [7, 11) is 0. The van der Waals surface area contributed by atoms with Crippen LogP contribution < -0.4 is 0 Å². The number of halogens is 1. The zero-order valence-electron chi connectivity index (χ0n) is 11.4. The van der Waals surface area contributed by atoms with Crippen LogP contribution in [0.1, 0.15) is 11.4 Å². The summed E-state index contributed by atoms with van der Waals surface area (Å²) < 4.78 is 0. The molecular formula is C14H12ClN5O.